The number of benzene rings is 2. The maximum atomic E-state index is 6.40. The fourth-order valence-electron chi connectivity index (χ4n) is 2.48. The molecule has 0 fully saturated rings. The van der Waals surface area contributed by atoms with Crippen molar-refractivity contribution >= 4 is 35.1 Å². The van der Waals surface area contributed by atoms with Crippen LogP contribution in [0.15, 0.2) is 59.8 Å². The van der Waals surface area contributed by atoms with Gasteiger partial charge in [0.05, 0.1) is 11.6 Å². The lowest BCUT2D eigenvalue weighted by Gasteiger charge is -2.11. The van der Waals surface area contributed by atoms with Gasteiger partial charge in [0.15, 0.2) is 11.0 Å². The van der Waals surface area contributed by atoms with Crippen molar-refractivity contribution in [2.24, 2.45) is 0 Å². The van der Waals surface area contributed by atoms with Crippen molar-refractivity contribution in [1.29, 1.82) is 0 Å². The Morgan fingerprint density at radius 1 is 0.960 bits per heavy atom. The minimum Gasteiger partial charge on any atom is -0.298 e. The van der Waals surface area contributed by atoms with Crippen LogP contribution in [0, 0.1) is 0 Å². The smallest absolute Gasteiger partial charge is 0.191 e. The van der Waals surface area contributed by atoms with Gasteiger partial charge in [-0.15, -0.1) is 10.2 Å². The lowest BCUT2D eigenvalue weighted by atomic mass is 10.2. The molecule has 0 aliphatic carbocycles. The molecule has 0 spiro atoms. The second kappa shape index (κ2) is 9.32. The molecule has 0 amide bonds. The first kappa shape index (κ1) is 18.4. The van der Waals surface area contributed by atoms with Crippen molar-refractivity contribution in [2.45, 2.75) is 18.6 Å². The number of rotatable bonds is 8. The summed E-state index contributed by atoms with van der Waals surface area (Å²) in [5.74, 6) is 4.09. The van der Waals surface area contributed by atoms with E-state index in [1.54, 1.807) is 11.8 Å². The van der Waals surface area contributed by atoms with Crippen molar-refractivity contribution in [3.05, 3.63) is 65.2 Å². The van der Waals surface area contributed by atoms with Crippen LogP contribution in [0.25, 0.3) is 11.4 Å². The molecule has 2 aromatic carbocycles. The zero-order valence-electron chi connectivity index (χ0n) is 14.1. The highest BCUT2D eigenvalue weighted by Gasteiger charge is 2.16. The van der Waals surface area contributed by atoms with Crippen LogP contribution in [0.3, 0.4) is 0 Å². The molecule has 0 saturated heterocycles. The average Bonchev–Trinajstić information content (AvgIpc) is 3.02. The van der Waals surface area contributed by atoms with Crippen LogP contribution >= 0.6 is 35.1 Å². The Morgan fingerprint density at radius 3 is 2.48 bits per heavy atom. The molecular formula is C19H20ClN3S2. The molecule has 3 rings (SSSR count). The number of halogens is 1. The monoisotopic (exact) mass is 389 g/mol. The summed E-state index contributed by atoms with van der Waals surface area (Å²) in [5, 5.41) is 10.5. The first-order valence-corrected chi connectivity index (χ1v) is 10.7. The summed E-state index contributed by atoms with van der Waals surface area (Å²) in [4.78, 5) is 0. The Labute approximate surface area is 162 Å². The Kier molecular flexibility index (Phi) is 6.84. The zero-order valence-corrected chi connectivity index (χ0v) is 16.4. The molecule has 3 aromatic rings. The molecule has 6 heteroatoms. The van der Waals surface area contributed by atoms with E-state index < -0.39 is 0 Å². The lowest BCUT2D eigenvalue weighted by molar-refractivity contribution is 0.715. The first-order valence-electron chi connectivity index (χ1n) is 8.22. The summed E-state index contributed by atoms with van der Waals surface area (Å²) in [5.41, 5.74) is 2.14. The summed E-state index contributed by atoms with van der Waals surface area (Å²) < 4.78 is 2.16. The average molecular weight is 390 g/mol. The molecule has 0 bridgehead atoms. The van der Waals surface area contributed by atoms with Crippen LogP contribution in [0.5, 0.6) is 0 Å². The number of thioether (sulfide) groups is 2. The SMILES string of the molecule is CCSCCSc1nnc(-c2ccccc2Cl)n1Cc1ccccc1. The molecule has 0 aliphatic rings. The molecule has 0 radical (unpaired) electrons. The molecule has 0 saturated carbocycles. The fraction of sp³-hybridized carbons (Fsp3) is 0.263. The first-order chi connectivity index (χ1) is 12.3. The van der Waals surface area contributed by atoms with Gasteiger partial charge in [-0.3, -0.25) is 4.57 Å². The molecule has 25 heavy (non-hydrogen) atoms. The van der Waals surface area contributed by atoms with Crippen molar-refractivity contribution in [2.75, 3.05) is 17.3 Å². The van der Waals surface area contributed by atoms with Gasteiger partial charge in [0.2, 0.25) is 0 Å². The van der Waals surface area contributed by atoms with Crippen molar-refractivity contribution < 1.29 is 0 Å². The molecule has 1 heterocycles. The molecule has 0 aliphatic heterocycles. The highest BCUT2D eigenvalue weighted by molar-refractivity contribution is 8.02. The van der Waals surface area contributed by atoms with Gasteiger partial charge in [0, 0.05) is 17.1 Å². The third-order valence-electron chi connectivity index (χ3n) is 3.68. The summed E-state index contributed by atoms with van der Waals surface area (Å²) in [7, 11) is 0. The van der Waals surface area contributed by atoms with Gasteiger partial charge in [0.25, 0.3) is 0 Å². The van der Waals surface area contributed by atoms with Crippen LogP contribution in [-0.2, 0) is 6.54 Å². The van der Waals surface area contributed by atoms with Crippen molar-refractivity contribution in [3.63, 3.8) is 0 Å². The van der Waals surface area contributed by atoms with E-state index in [1.807, 2.05) is 42.1 Å². The predicted octanol–water partition coefficient (Wildman–Crippen LogP) is 5.49. The summed E-state index contributed by atoms with van der Waals surface area (Å²) in [6.07, 6.45) is 0. The topological polar surface area (TPSA) is 30.7 Å². The van der Waals surface area contributed by atoms with E-state index in [0.29, 0.717) is 5.02 Å². The normalized spacial score (nSPS) is 11.0. The number of aromatic nitrogens is 3. The number of hydrogen-bond donors (Lipinski definition) is 0. The van der Waals surface area contributed by atoms with E-state index in [-0.39, 0.29) is 0 Å². The van der Waals surface area contributed by atoms with Crippen LogP contribution in [-0.4, -0.2) is 32.0 Å². The van der Waals surface area contributed by atoms with Crippen molar-refractivity contribution in [3.8, 4) is 11.4 Å². The van der Waals surface area contributed by atoms with E-state index in [9.17, 15) is 0 Å². The summed E-state index contributed by atoms with van der Waals surface area (Å²) >= 11 is 10.1. The van der Waals surface area contributed by atoms with E-state index in [0.717, 1.165) is 40.3 Å². The molecule has 0 atom stereocenters. The van der Waals surface area contributed by atoms with E-state index in [4.69, 9.17) is 11.6 Å². The van der Waals surface area contributed by atoms with Gasteiger partial charge in [-0.2, -0.15) is 11.8 Å². The third-order valence-corrected chi connectivity index (χ3v) is 6.14. The highest BCUT2D eigenvalue weighted by Crippen LogP contribution is 2.30. The number of hydrogen-bond acceptors (Lipinski definition) is 4. The third kappa shape index (κ3) is 4.81. The molecular weight excluding hydrogens is 370 g/mol. The van der Waals surface area contributed by atoms with Gasteiger partial charge in [-0.05, 0) is 23.4 Å². The predicted molar refractivity (Wildman–Crippen MR) is 110 cm³/mol. The van der Waals surface area contributed by atoms with Crippen molar-refractivity contribution in [1.82, 2.24) is 14.8 Å². The second-order valence-electron chi connectivity index (χ2n) is 5.40. The van der Waals surface area contributed by atoms with E-state index >= 15 is 0 Å². The summed E-state index contributed by atoms with van der Waals surface area (Å²) in [6.45, 7) is 2.92. The maximum Gasteiger partial charge on any atom is 0.191 e. The maximum absolute atomic E-state index is 6.40. The Balaban J connectivity index is 1.92. The molecule has 3 nitrogen and oxygen atoms in total. The standard InChI is InChI=1S/C19H20ClN3S2/c1-2-24-12-13-25-19-22-21-18(16-10-6-7-11-17(16)20)23(19)14-15-8-4-3-5-9-15/h3-11H,2,12-14H2,1H3. The second-order valence-corrected chi connectivity index (χ2v) is 8.27. The van der Waals surface area contributed by atoms with Gasteiger partial charge in [0.1, 0.15) is 0 Å². The Hall–Kier alpha value is -1.43. The highest BCUT2D eigenvalue weighted by atomic mass is 35.5. The van der Waals surface area contributed by atoms with Crippen LogP contribution < -0.4 is 0 Å². The lowest BCUT2D eigenvalue weighted by Crippen LogP contribution is -2.04. The van der Waals surface area contributed by atoms with Crippen LogP contribution in [0.4, 0.5) is 0 Å². The van der Waals surface area contributed by atoms with E-state index in [1.165, 1.54) is 5.56 Å². The summed E-state index contributed by atoms with van der Waals surface area (Å²) in [6, 6.07) is 18.2. The van der Waals surface area contributed by atoms with Gasteiger partial charge >= 0.3 is 0 Å². The largest absolute Gasteiger partial charge is 0.298 e. The van der Waals surface area contributed by atoms with Gasteiger partial charge in [-0.25, -0.2) is 0 Å². The quantitative estimate of drug-likeness (QED) is 0.376. The van der Waals surface area contributed by atoms with Gasteiger partial charge < -0.3 is 0 Å². The Bertz CT molecular complexity index is 805. The van der Waals surface area contributed by atoms with Gasteiger partial charge in [-0.1, -0.05) is 72.8 Å². The minimum absolute atomic E-state index is 0.697. The molecule has 0 N–H and O–H groups in total. The molecule has 1 aromatic heterocycles. The molecule has 0 unspecified atom stereocenters. The fourth-order valence-corrected chi connectivity index (χ4v) is 4.38. The minimum atomic E-state index is 0.697. The molecule has 130 valence electrons. The van der Waals surface area contributed by atoms with Crippen LogP contribution in [0.1, 0.15) is 12.5 Å². The Morgan fingerprint density at radius 2 is 1.72 bits per heavy atom. The number of nitrogens with zero attached hydrogens (tertiary/aromatic N) is 3. The zero-order chi connectivity index (χ0) is 17.5. The van der Waals surface area contributed by atoms with Crippen LogP contribution in [0.2, 0.25) is 5.02 Å². The van der Waals surface area contributed by atoms with E-state index in [2.05, 4.69) is 46.0 Å².